The van der Waals surface area contributed by atoms with E-state index in [9.17, 15) is 15.5 Å². The standard InChI is InChI=1S/C25H25ClN4O5/c26-17-9-18-22(16(10-27)25(28-18)35-20-12-34-23-19(32)11-33-24(20)23)29-21(17)13-1-3-14(4-2-13)30-7-5-15(31)6-8-30/h1-4,9,15,19-20,23-24,28,31-32H,5-8,11-12H2/t19?,20?,23?,24-/m1/s1. The number of ether oxygens (including phenoxy) is 3. The highest BCUT2D eigenvalue weighted by atomic mass is 35.5. The summed E-state index contributed by atoms with van der Waals surface area (Å²) in [5.74, 6) is 0.282. The second-order valence-corrected chi connectivity index (χ2v) is 9.65. The van der Waals surface area contributed by atoms with Crippen LogP contribution in [0.1, 0.15) is 18.4 Å². The second kappa shape index (κ2) is 8.97. The van der Waals surface area contributed by atoms with Crippen LogP contribution in [0, 0.1) is 11.3 Å². The lowest BCUT2D eigenvalue weighted by Crippen LogP contribution is -2.35. The van der Waals surface area contributed by atoms with E-state index in [0.29, 0.717) is 21.7 Å². The number of nitrogens with one attached hydrogen (secondary N) is 1. The first-order valence-electron chi connectivity index (χ1n) is 11.8. The topological polar surface area (TPSA) is 124 Å². The monoisotopic (exact) mass is 496 g/mol. The number of aliphatic hydroxyl groups excluding tert-OH is 2. The van der Waals surface area contributed by atoms with Crippen molar-refractivity contribution in [3.63, 3.8) is 0 Å². The number of benzene rings is 1. The first-order valence-corrected chi connectivity index (χ1v) is 12.1. The summed E-state index contributed by atoms with van der Waals surface area (Å²) in [6.07, 6.45) is -0.629. The summed E-state index contributed by atoms with van der Waals surface area (Å²) in [6, 6.07) is 11.9. The Morgan fingerprint density at radius 1 is 1.11 bits per heavy atom. The minimum absolute atomic E-state index is 0.200. The molecule has 3 N–H and O–H groups in total. The molecule has 2 aromatic heterocycles. The maximum Gasteiger partial charge on any atom is 0.212 e. The summed E-state index contributed by atoms with van der Waals surface area (Å²) in [5, 5.41) is 30.1. The molecule has 3 aromatic rings. The van der Waals surface area contributed by atoms with Gasteiger partial charge in [0.1, 0.15) is 35.5 Å². The molecule has 0 aliphatic carbocycles. The number of hydrogen-bond acceptors (Lipinski definition) is 8. The van der Waals surface area contributed by atoms with Gasteiger partial charge in [0.15, 0.2) is 6.10 Å². The summed E-state index contributed by atoms with van der Waals surface area (Å²) in [7, 11) is 0. The molecule has 1 aromatic carbocycles. The lowest BCUT2D eigenvalue weighted by atomic mass is 10.1. The number of anilines is 1. The van der Waals surface area contributed by atoms with Gasteiger partial charge in [0, 0.05) is 24.3 Å². The third-order valence-corrected chi connectivity index (χ3v) is 7.31. The van der Waals surface area contributed by atoms with E-state index >= 15 is 0 Å². The number of halogens is 1. The SMILES string of the molecule is N#Cc1c(OC2COC3C(O)CO[C@H]23)[nH]c2cc(Cl)c(-c3ccc(N4CCC(O)CC4)cc3)nc12. The number of nitrogens with zero attached hydrogens (tertiary/aromatic N) is 3. The van der Waals surface area contributed by atoms with Gasteiger partial charge in [0.2, 0.25) is 5.88 Å². The number of aliphatic hydroxyl groups is 2. The fourth-order valence-corrected chi connectivity index (χ4v) is 5.37. The van der Waals surface area contributed by atoms with Gasteiger partial charge in [-0.3, -0.25) is 0 Å². The van der Waals surface area contributed by atoms with Crippen LogP contribution in [0.25, 0.3) is 22.3 Å². The molecule has 3 aliphatic rings. The molecular formula is C25H25ClN4O5. The Labute approximate surface area is 206 Å². The highest BCUT2D eigenvalue weighted by molar-refractivity contribution is 6.33. The first kappa shape index (κ1) is 22.6. The molecule has 182 valence electrons. The number of pyridine rings is 1. The number of aromatic nitrogens is 2. The van der Waals surface area contributed by atoms with Crippen molar-refractivity contribution >= 4 is 28.3 Å². The summed E-state index contributed by atoms with van der Waals surface area (Å²) in [5.41, 5.74) is 3.85. The van der Waals surface area contributed by atoms with Crippen LogP contribution in [0.2, 0.25) is 5.02 Å². The number of piperidine rings is 1. The molecule has 6 rings (SSSR count). The van der Waals surface area contributed by atoms with Crippen LogP contribution >= 0.6 is 11.6 Å². The summed E-state index contributed by atoms with van der Waals surface area (Å²) in [6.45, 7) is 2.10. The molecule has 3 aliphatic heterocycles. The van der Waals surface area contributed by atoms with E-state index in [0.717, 1.165) is 37.2 Å². The molecule has 3 unspecified atom stereocenters. The third-order valence-electron chi connectivity index (χ3n) is 7.02. The fraction of sp³-hybridized carbons (Fsp3) is 0.440. The quantitative estimate of drug-likeness (QED) is 0.503. The minimum atomic E-state index is -0.678. The largest absolute Gasteiger partial charge is 0.469 e. The molecular weight excluding hydrogens is 472 g/mol. The van der Waals surface area contributed by atoms with Crippen molar-refractivity contribution in [2.75, 3.05) is 31.2 Å². The average Bonchev–Trinajstić information content (AvgIpc) is 3.54. The Morgan fingerprint density at radius 2 is 1.86 bits per heavy atom. The summed E-state index contributed by atoms with van der Waals surface area (Å²) >= 11 is 6.59. The van der Waals surface area contributed by atoms with Gasteiger partial charge in [0.25, 0.3) is 0 Å². The van der Waals surface area contributed by atoms with Crippen molar-refractivity contribution in [2.24, 2.45) is 0 Å². The highest BCUT2D eigenvalue weighted by Crippen LogP contribution is 2.36. The smallest absolute Gasteiger partial charge is 0.212 e. The van der Waals surface area contributed by atoms with Crippen molar-refractivity contribution in [3.8, 4) is 23.2 Å². The normalized spacial score (nSPS) is 26.7. The van der Waals surface area contributed by atoms with Crippen molar-refractivity contribution in [2.45, 2.75) is 43.4 Å². The van der Waals surface area contributed by atoms with E-state index in [4.69, 9.17) is 30.8 Å². The lowest BCUT2D eigenvalue weighted by molar-refractivity contribution is 0.00789. The summed E-state index contributed by atoms with van der Waals surface area (Å²) < 4.78 is 17.3. The molecule has 10 heteroatoms. The molecule has 0 radical (unpaired) electrons. The van der Waals surface area contributed by atoms with Crippen LogP contribution in [0.3, 0.4) is 0 Å². The predicted octanol–water partition coefficient (Wildman–Crippen LogP) is 2.62. The third kappa shape index (κ3) is 4.01. The van der Waals surface area contributed by atoms with Gasteiger partial charge in [0.05, 0.1) is 35.6 Å². The Morgan fingerprint density at radius 3 is 2.60 bits per heavy atom. The van der Waals surface area contributed by atoms with Gasteiger partial charge in [-0.05, 0) is 31.0 Å². The van der Waals surface area contributed by atoms with E-state index in [1.165, 1.54) is 0 Å². The number of aromatic amines is 1. The molecule has 0 spiro atoms. The Hall–Kier alpha value is -2.87. The molecule has 5 heterocycles. The van der Waals surface area contributed by atoms with Crippen LogP contribution in [0.15, 0.2) is 30.3 Å². The van der Waals surface area contributed by atoms with E-state index in [1.807, 2.05) is 24.3 Å². The molecule has 3 saturated heterocycles. The Kier molecular flexibility index (Phi) is 5.79. The minimum Gasteiger partial charge on any atom is -0.469 e. The number of fused-ring (bicyclic) bond motifs is 2. The molecule has 9 nitrogen and oxygen atoms in total. The van der Waals surface area contributed by atoms with E-state index < -0.39 is 24.4 Å². The predicted molar refractivity (Wildman–Crippen MR) is 129 cm³/mol. The number of nitriles is 1. The van der Waals surface area contributed by atoms with Crippen LogP contribution < -0.4 is 9.64 Å². The Balaban J connectivity index is 1.28. The highest BCUT2D eigenvalue weighted by Gasteiger charge is 2.48. The van der Waals surface area contributed by atoms with E-state index in [2.05, 4.69) is 16.0 Å². The van der Waals surface area contributed by atoms with Gasteiger partial charge in [-0.25, -0.2) is 4.98 Å². The number of hydrogen-bond donors (Lipinski definition) is 3. The first-order chi connectivity index (χ1) is 17.0. The molecule has 0 saturated carbocycles. The van der Waals surface area contributed by atoms with Crippen molar-refractivity contribution < 1.29 is 24.4 Å². The van der Waals surface area contributed by atoms with Gasteiger partial charge >= 0.3 is 0 Å². The van der Waals surface area contributed by atoms with Crippen LogP contribution in [0.4, 0.5) is 5.69 Å². The van der Waals surface area contributed by atoms with Crippen molar-refractivity contribution in [1.82, 2.24) is 9.97 Å². The fourth-order valence-electron chi connectivity index (χ4n) is 5.11. The van der Waals surface area contributed by atoms with Gasteiger partial charge in [-0.2, -0.15) is 5.26 Å². The van der Waals surface area contributed by atoms with E-state index in [-0.39, 0.29) is 30.8 Å². The summed E-state index contributed by atoms with van der Waals surface area (Å²) in [4.78, 5) is 10.1. The van der Waals surface area contributed by atoms with Gasteiger partial charge in [-0.15, -0.1) is 0 Å². The van der Waals surface area contributed by atoms with Crippen LogP contribution in [0.5, 0.6) is 5.88 Å². The molecule has 0 amide bonds. The second-order valence-electron chi connectivity index (χ2n) is 9.24. The zero-order chi connectivity index (χ0) is 24.1. The zero-order valence-corrected chi connectivity index (χ0v) is 19.6. The van der Waals surface area contributed by atoms with Gasteiger partial charge < -0.3 is 34.3 Å². The maximum absolute atomic E-state index is 9.97. The van der Waals surface area contributed by atoms with Crippen LogP contribution in [-0.2, 0) is 9.47 Å². The maximum atomic E-state index is 9.97. The molecule has 4 atom stereocenters. The zero-order valence-electron chi connectivity index (χ0n) is 18.9. The average molecular weight is 497 g/mol. The Bertz CT molecular complexity index is 1280. The van der Waals surface area contributed by atoms with E-state index in [1.54, 1.807) is 6.07 Å². The van der Waals surface area contributed by atoms with Crippen molar-refractivity contribution in [3.05, 3.63) is 40.9 Å². The molecule has 3 fully saturated rings. The van der Waals surface area contributed by atoms with Crippen LogP contribution in [-0.4, -0.2) is 77.0 Å². The molecule has 0 bridgehead atoms. The number of rotatable bonds is 4. The lowest BCUT2D eigenvalue weighted by Gasteiger charge is -2.31. The van der Waals surface area contributed by atoms with Crippen molar-refractivity contribution in [1.29, 1.82) is 5.26 Å². The molecule has 35 heavy (non-hydrogen) atoms. The van der Waals surface area contributed by atoms with Gasteiger partial charge in [-0.1, -0.05) is 23.7 Å². The number of H-pyrrole nitrogens is 1.